The summed E-state index contributed by atoms with van der Waals surface area (Å²) in [6, 6.07) is 5.35. The number of carbonyl (C=O) groups is 3. The number of likely N-dealkylation sites (tertiary alicyclic amines) is 1. The SMILES string of the molecule is CSCCC1NC2(C(=O)Nc3ccc(Br)cc32)[C@@H]2C(=O)N(C(C)(C)C)C(=O)[C@H]12. The molecule has 2 unspecified atom stereocenters. The highest BCUT2D eigenvalue weighted by atomic mass is 79.9. The zero-order chi connectivity index (χ0) is 20.4. The number of nitrogens with one attached hydrogen (secondary N) is 2. The number of benzene rings is 1. The van der Waals surface area contributed by atoms with Gasteiger partial charge in [0.1, 0.15) is 5.54 Å². The van der Waals surface area contributed by atoms with Crippen molar-refractivity contribution in [2.75, 3.05) is 17.3 Å². The first-order valence-corrected chi connectivity index (χ1v) is 11.6. The van der Waals surface area contributed by atoms with E-state index < -0.39 is 22.9 Å². The molecule has 3 aliphatic rings. The van der Waals surface area contributed by atoms with Gasteiger partial charge in [0, 0.05) is 27.3 Å². The topological polar surface area (TPSA) is 78.5 Å². The summed E-state index contributed by atoms with van der Waals surface area (Å²) in [6.07, 6.45) is 2.73. The van der Waals surface area contributed by atoms with Gasteiger partial charge >= 0.3 is 0 Å². The fraction of sp³-hybridized carbons (Fsp3) is 0.550. The van der Waals surface area contributed by atoms with Crippen LogP contribution in [0.15, 0.2) is 22.7 Å². The molecule has 3 amide bonds. The highest BCUT2D eigenvalue weighted by Gasteiger charge is 2.71. The van der Waals surface area contributed by atoms with Gasteiger partial charge in [-0.1, -0.05) is 15.9 Å². The Morgan fingerprint density at radius 3 is 2.57 bits per heavy atom. The predicted molar refractivity (Wildman–Crippen MR) is 113 cm³/mol. The van der Waals surface area contributed by atoms with Crippen molar-refractivity contribution in [2.45, 2.75) is 44.3 Å². The van der Waals surface area contributed by atoms with Gasteiger partial charge in [0.2, 0.25) is 17.7 Å². The van der Waals surface area contributed by atoms with Crippen molar-refractivity contribution in [3.05, 3.63) is 28.2 Å². The minimum atomic E-state index is -1.21. The molecule has 0 aliphatic carbocycles. The average Bonchev–Trinajstić information content (AvgIpc) is 3.18. The van der Waals surface area contributed by atoms with Crippen molar-refractivity contribution in [1.82, 2.24) is 10.2 Å². The molecule has 3 heterocycles. The molecule has 0 saturated carbocycles. The van der Waals surface area contributed by atoms with Gasteiger partial charge in [0.15, 0.2) is 0 Å². The first kappa shape index (κ1) is 19.9. The third kappa shape index (κ3) is 2.60. The Hall–Kier alpha value is -1.38. The summed E-state index contributed by atoms with van der Waals surface area (Å²) in [6.45, 7) is 5.58. The summed E-state index contributed by atoms with van der Waals surface area (Å²) in [5.74, 6) is -1.10. The van der Waals surface area contributed by atoms with Crippen molar-refractivity contribution >= 4 is 51.1 Å². The van der Waals surface area contributed by atoms with E-state index in [1.54, 1.807) is 11.8 Å². The molecule has 2 N–H and O–H groups in total. The lowest BCUT2D eigenvalue weighted by molar-refractivity contribution is -0.147. The average molecular weight is 466 g/mol. The largest absolute Gasteiger partial charge is 0.324 e. The molecule has 2 fully saturated rings. The molecule has 150 valence electrons. The summed E-state index contributed by atoms with van der Waals surface area (Å²) in [5, 5.41) is 6.38. The number of nitrogens with zero attached hydrogens (tertiary/aromatic N) is 1. The number of halogens is 1. The molecule has 0 aromatic heterocycles. The van der Waals surface area contributed by atoms with Gasteiger partial charge in [-0.3, -0.25) is 24.6 Å². The Morgan fingerprint density at radius 1 is 1.21 bits per heavy atom. The minimum absolute atomic E-state index is 0.172. The van der Waals surface area contributed by atoms with Crippen LogP contribution in [0.25, 0.3) is 0 Å². The highest BCUT2D eigenvalue weighted by molar-refractivity contribution is 9.10. The number of anilines is 1. The zero-order valence-electron chi connectivity index (χ0n) is 16.3. The van der Waals surface area contributed by atoms with Crippen LogP contribution >= 0.6 is 27.7 Å². The summed E-state index contributed by atoms with van der Waals surface area (Å²) < 4.78 is 0.831. The van der Waals surface area contributed by atoms with Gasteiger partial charge < -0.3 is 5.32 Å². The van der Waals surface area contributed by atoms with Crippen LogP contribution in [0.4, 0.5) is 5.69 Å². The maximum atomic E-state index is 13.5. The van der Waals surface area contributed by atoms with Gasteiger partial charge in [0.25, 0.3) is 0 Å². The summed E-state index contributed by atoms with van der Waals surface area (Å²) in [5.41, 5.74) is -0.400. The van der Waals surface area contributed by atoms with Crippen molar-refractivity contribution in [3.63, 3.8) is 0 Å². The Balaban J connectivity index is 1.89. The molecule has 0 bridgehead atoms. The molecule has 1 aromatic carbocycles. The molecular formula is C20H24BrN3O3S. The molecular weight excluding hydrogens is 442 g/mol. The fourth-order valence-electron chi connectivity index (χ4n) is 4.93. The van der Waals surface area contributed by atoms with Gasteiger partial charge in [-0.15, -0.1) is 0 Å². The minimum Gasteiger partial charge on any atom is -0.324 e. The number of fused-ring (bicyclic) bond motifs is 4. The van der Waals surface area contributed by atoms with Gasteiger partial charge in [-0.25, -0.2) is 0 Å². The molecule has 28 heavy (non-hydrogen) atoms. The van der Waals surface area contributed by atoms with Crippen LogP contribution in [0.5, 0.6) is 0 Å². The van der Waals surface area contributed by atoms with Crippen LogP contribution in [-0.2, 0) is 19.9 Å². The first-order chi connectivity index (χ1) is 13.1. The monoisotopic (exact) mass is 465 g/mol. The normalized spacial score (nSPS) is 31.5. The van der Waals surface area contributed by atoms with Crippen molar-refractivity contribution < 1.29 is 14.4 Å². The van der Waals surface area contributed by atoms with E-state index >= 15 is 0 Å². The summed E-state index contributed by atoms with van der Waals surface area (Å²) >= 11 is 5.18. The number of amides is 3. The second-order valence-electron chi connectivity index (χ2n) is 8.67. The molecule has 8 heteroatoms. The number of hydrogen-bond donors (Lipinski definition) is 2. The fourth-order valence-corrected chi connectivity index (χ4v) is 5.78. The quantitative estimate of drug-likeness (QED) is 0.670. The van der Waals surface area contributed by atoms with E-state index in [0.717, 1.165) is 22.2 Å². The van der Waals surface area contributed by atoms with E-state index in [2.05, 4.69) is 26.6 Å². The molecule has 3 aliphatic heterocycles. The number of carbonyl (C=O) groups excluding carboxylic acids is 3. The lowest BCUT2D eigenvalue weighted by Gasteiger charge is -2.34. The van der Waals surface area contributed by atoms with Gasteiger partial charge in [-0.05, 0) is 57.4 Å². The molecule has 1 aromatic rings. The lowest BCUT2D eigenvalue weighted by Crippen LogP contribution is -2.55. The van der Waals surface area contributed by atoms with Gasteiger partial charge in [0.05, 0.1) is 11.8 Å². The molecule has 2 saturated heterocycles. The van der Waals surface area contributed by atoms with Crippen LogP contribution in [-0.4, -0.2) is 46.2 Å². The highest BCUT2D eigenvalue weighted by Crippen LogP contribution is 2.54. The molecule has 1 spiro atoms. The van der Waals surface area contributed by atoms with Crippen molar-refractivity contribution in [2.24, 2.45) is 11.8 Å². The van der Waals surface area contributed by atoms with Crippen LogP contribution < -0.4 is 10.6 Å². The molecule has 4 atom stereocenters. The number of imide groups is 1. The van der Waals surface area contributed by atoms with Crippen LogP contribution in [0.3, 0.4) is 0 Å². The summed E-state index contributed by atoms with van der Waals surface area (Å²) in [4.78, 5) is 41.5. The molecule has 6 nitrogen and oxygen atoms in total. The maximum Gasteiger partial charge on any atom is 0.250 e. The molecule has 0 radical (unpaired) electrons. The van der Waals surface area contributed by atoms with E-state index in [9.17, 15) is 14.4 Å². The Morgan fingerprint density at radius 2 is 1.93 bits per heavy atom. The Labute approximate surface area is 177 Å². The van der Waals surface area contributed by atoms with Gasteiger partial charge in [-0.2, -0.15) is 11.8 Å². The first-order valence-electron chi connectivity index (χ1n) is 9.39. The van der Waals surface area contributed by atoms with E-state index in [1.165, 1.54) is 4.90 Å². The smallest absolute Gasteiger partial charge is 0.250 e. The second-order valence-corrected chi connectivity index (χ2v) is 10.6. The van der Waals surface area contributed by atoms with E-state index in [-0.39, 0.29) is 23.8 Å². The van der Waals surface area contributed by atoms with Crippen molar-refractivity contribution in [3.8, 4) is 0 Å². The van der Waals surface area contributed by atoms with Crippen molar-refractivity contribution in [1.29, 1.82) is 0 Å². The standard InChI is InChI=1S/C20H24BrN3O3S/c1-19(2,3)24-16(25)14-13(7-8-28-4)23-20(15(14)17(24)26)11-9-10(21)5-6-12(11)22-18(20)27/h5-6,9,13-15,23H,7-8H2,1-4H3,(H,22,27)/t13?,14-,15+,20?/m1/s1. The zero-order valence-corrected chi connectivity index (χ0v) is 18.7. The Kier molecular flexibility index (Phi) is 4.67. The third-order valence-corrected chi connectivity index (χ3v) is 7.12. The number of thioether (sulfide) groups is 1. The lowest BCUT2D eigenvalue weighted by atomic mass is 9.76. The maximum absolute atomic E-state index is 13.5. The van der Waals surface area contributed by atoms with E-state index in [1.807, 2.05) is 45.2 Å². The number of hydrogen-bond acceptors (Lipinski definition) is 5. The predicted octanol–water partition coefficient (Wildman–Crippen LogP) is 2.72. The van der Waals surface area contributed by atoms with Crippen LogP contribution in [0.1, 0.15) is 32.8 Å². The van der Waals surface area contributed by atoms with Crippen LogP contribution in [0.2, 0.25) is 0 Å². The second kappa shape index (κ2) is 6.57. The van der Waals surface area contributed by atoms with Crippen LogP contribution in [0, 0.1) is 11.8 Å². The van der Waals surface area contributed by atoms with E-state index in [0.29, 0.717) is 5.69 Å². The molecule has 4 rings (SSSR count). The van der Waals surface area contributed by atoms with E-state index in [4.69, 9.17) is 0 Å². The number of rotatable bonds is 3. The summed E-state index contributed by atoms with van der Waals surface area (Å²) in [7, 11) is 0. The third-order valence-electron chi connectivity index (χ3n) is 5.98. The Bertz CT molecular complexity index is 884.